The van der Waals surface area contributed by atoms with E-state index in [4.69, 9.17) is 0 Å². The highest BCUT2D eigenvalue weighted by atomic mass is 19.1. The first-order chi connectivity index (χ1) is 8.38. The second-order valence-electron chi connectivity index (χ2n) is 4.87. The summed E-state index contributed by atoms with van der Waals surface area (Å²) in [4.78, 5) is 2.10. The standard InChI is InChI=1S/C15H22FNO/c1-6-7-17(10(2)3)15-8-11(4)14(16)9-13(15)12(5)18/h6,8-10,12,18H,1,7H2,2-5H3/t12-/m0/s1. The number of aliphatic hydroxyl groups excluding tert-OH is 1. The highest BCUT2D eigenvalue weighted by Gasteiger charge is 2.18. The van der Waals surface area contributed by atoms with Gasteiger partial charge in [-0.3, -0.25) is 0 Å². The van der Waals surface area contributed by atoms with E-state index in [0.717, 1.165) is 5.69 Å². The summed E-state index contributed by atoms with van der Waals surface area (Å²) in [5, 5.41) is 9.80. The second-order valence-corrected chi connectivity index (χ2v) is 4.87. The summed E-state index contributed by atoms with van der Waals surface area (Å²) in [5.41, 5.74) is 2.08. The van der Waals surface area contributed by atoms with E-state index in [-0.39, 0.29) is 11.9 Å². The SMILES string of the molecule is C=CCN(c1cc(C)c(F)cc1[C@H](C)O)C(C)C. The van der Waals surface area contributed by atoms with Crippen LogP contribution in [-0.2, 0) is 0 Å². The average molecular weight is 251 g/mol. The fourth-order valence-corrected chi connectivity index (χ4v) is 1.99. The number of halogens is 1. The van der Waals surface area contributed by atoms with E-state index in [0.29, 0.717) is 17.7 Å². The van der Waals surface area contributed by atoms with Crippen molar-refractivity contribution in [1.29, 1.82) is 0 Å². The molecule has 0 saturated carbocycles. The largest absolute Gasteiger partial charge is 0.389 e. The average Bonchev–Trinajstić information content (AvgIpc) is 2.28. The summed E-state index contributed by atoms with van der Waals surface area (Å²) < 4.78 is 13.6. The molecule has 0 radical (unpaired) electrons. The molecule has 0 amide bonds. The lowest BCUT2D eigenvalue weighted by Crippen LogP contribution is -2.32. The molecule has 0 bridgehead atoms. The van der Waals surface area contributed by atoms with E-state index < -0.39 is 6.10 Å². The molecule has 3 heteroatoms. The molecule has 100 valence electrons. The molecule has 0 aliphatic rings. The first-order valence-corrected chi connectivity index (χ1v) is 6.24. The first kappa shape index (κ1) is 14.7. The summed E-state index contributed by atoms with van der Waals surface area (Å²) in [7, 11) is 0. The smallest absolute Gasteiger partial charge is 0.126 e. The van der Waals surface area contributed by atoms with Crippen LogP contribution in [0.15, 0.2) is 24.8 Å². The molecule has 1 aromatic rings. The summed E-state index contributed by atoms with van der Waals surface area (Å²) >= 11 is 0. The molecule has 0 aromatic heterocycles. The predicted molar refractivity (Wildman–Crippen MR) is 74.4 cm³/mol. The predicted octanol–water partition coefficient (Wildman–Crippen LogP) is 3.59. The Kier molecular flexibility index (Phi) is 4.91. The molecule has 0 unspecified atom stereocenters. The number of benzene rings is 1. The number of nitrogens with zero attached hydrogens (tertiary/aromatic N) is 1. The summed E-state index contributed by atoms with van der Waals surface area (Å²) in [6, 6.07) is 3.47. The van der Waals surface area contributed by atoms with Crippen LogP contribution in [0.2, 0.25) is 0 Å². The summed E-state index contributed by atoms with van der Waals surface area (Å²) in [6.45, 7) is 11.9. The van der Waals surface area contributed by atoms with Crippen molar-refractivity contribution in [3.05, 3.63) is 41.7 Å². The zero-order chi connectivity index (χ0) is 13.9. The third kappa shape index (κ3) is 3.10. The molecular formula is C15H22FNO. The first-order valence-electron chi connectivity index (χ1n) is 6.24. The molecule has 18 heavy (non-hydrogen) atoms. The Balaban J connectivity index is 3.35. The number of hydrogen-bond donors (Lipinski definition) is 1. The summed E-state index contributed by atoms with van der Waals surface area (Å²) in [5.74, 6) is -0.281. The van der Waals surface area contributed by atoms with Crippen molar-refractivity contribution in [3.8, 4) is 0 Å². The van der Waals surface area contributed by atoms with Gasteiger partial charge in [0.15, 0.2) is 0 Å². The second kappa shape index (κ2) is 6.01. The van der Waals surface area contributed by atoms with Crippen LogP contribution >= 0.6 is 0 Å². The third-order valence-corrected chi connectivity index (χ3v) is 3.02. The fourth-order valence-electron chi connectivity index (χ4n) is 1.99. The van der Waals surface area contributed by atoms with Crippen LogP contribution in [0.1, 0.15) is 38.0 Å². The van der Waals surface area contributed by atoms with Gasteiger partial charge < -0.3 is 10.0 Å². The number of hydrogen-bond acceptors (Lipinski definition) is 2. The lowest BCUT2D eigenvalue weighted by molar-refractivity contribution is 0.199. The van der Waals surface area contributed by atoms with Gasteiger partial charge in [0.05, 0.1) is 6.10 Å². The molecule has 0 aliphatic carbocycles. The third-order valence-electron chi connectivity index (χ3n) is 3.02. The van der Waals surface area contributed by atoms with Gasteiger partial charge in [-0.1, -0.05) is 6.08 Å². The van der Waals surface area contributed by atoms with Gasteiger partial charge >= 0.3 is 0 Å². The zero-order valence-corrected chi connectivity index (χ0v) is 11.6. The molecule has 1 aromatic carbocycles. The molecule has 0 heterocycles. The maximum atomic E-state index is 13.6. The van der Waals surface area contributed by atoms with Crippen LogP contribution in [0.4, 0.5) is 10.1 Å². The van der Waals surface area contributed by atoms with Gasteiger partial charge in [-0.15, -0.1) is 6.58 Å². The Morgan fingerprint density at radius 1 is 1.39 bits per heavy atom. The summed E-state index contributed by atoms with van der Waals surface area (Å²) in [6.07, 6.45) is 1.12. The molecule has 1 N–H and O–H groups in total. The van der Waals surface area contributed by atoms with Crippen molar-refractivity contribution in [2.45, 2.75) is 39.8 Å². The van der Waals surface area contributed by atoms with Gasteiger partial charge in [0, 0.05) is 23.8 Å². The Bertz CT molecular complexity index is 427. The maximum absolute atomic E-state index is 13.6. The van der Waals surface area contributed by atoms with Gasteiger partial charge in [-0.05, 0) is 45.4 Å². The Morgan fingerprint density at radius 3 is 2.44 bits per heavy atom. The van der Waals surface area contributed by atoms with E-state index in [9.17, 15) is 9.50 Å². The Labute approximate surface area is 109 Å². The lowest BCUT2D eigenvalue weighted by Gasteiger charge is -2.31. The van der Waals surface area contributed by atoms with Crippen LogP contribution in [0.3, 0.4) is 0 Å². The quantitative estimate of drug-likeness (QED) is 0.808. The van der Waals surface area contributed by atoms with E-state index >= 15 is 0 Å². The molecule has 0 spiro atoms. The van der Waals surface area contributed by atoms with E-state index in [1.54, 1.807) is 19.9 Å². The van der Waals surface area contributed by atoms with E-state index in [2.05, 4.69) is 25.3 Å². The molecule has 1 rings (SSSR count). The molecule has 0 aliphatic heterocycles. The number of aliphatic hydroxyl groups is 1. The Morgan fingerprint density at radius 2 is 2.00 bits per heavy atom. The van der Waals surface area contributed by atoms with Crippen molar-refractivity contribution in [2.24, 2.45) is 0 Å². The van der Waals surface area contributed by atoms with Crippen molar-refractivity contribution < 1.29 is 9.50 Å². The minimum Gasteiger partial charge on any atom is -0.389 e. The highest BCUT2D eigenvalue weighted by molar-refractivity contribution is 5.57. The van der Waals surface area contributed by atoms with Gasteiger partial charge in [0.25, 0.3) is 0 Å². The van der Waals surface area contributed by atoms with Crippen molar-refractivity contribution in [3.63, 3.8) is 0 Å². The number of aryl methyl sites for hydroxylation is 1. The minimum atomic E-state index is -0.693. The topological polar surface area (TPSA) is 23.5 Å². The molecular weight excluding hydrogens is 229 g/mol. The zero-order valence-electron chi connectivity index (χ0n) is 11.6. The van der Waals surface area contributed by atoms with Crippen LogP contribution in [0.25, 0.3) is 0 Å². The fraction of sp³-hybridized carbons (Fsp3) is 0.467. The Hall–Kier alpha value is -1.35. The molecule has 0 fully saturated rings. The van der Waals surface area contributed by atoms with Gasteiger partial charge in [0.2, 0.25) is 0 Å². The minimum absolute atomic E-state index is 0.255. The normalized spacial score (nSPS) is 12.6. The van der Waals surface area contributed by atoms with Gasteiger partial charge in [-0.25, -0.2) is 4.39 Å². The van der Waals surface area contributed by atoms with E-state index in [1.807, 2.05) is 6.08 Å². The van der Waals surface area contributed by atoms with Crippen molar-refractivity contribution >= 4 is 5.69 Å². The number of anilines is 1. The van der Waals surface area contributed by atoms with Crippen LogP contribution in [0.5, 0.6) is 0 Å². The highest BCUT2D eigenvalue weighted by Crippen LogP contribution is 2.30. The number of rotatable bonds is 5. The van der Waals surface area contributed by atoms with Crippen molar-refractivity contribution in [1.82, 2.24) is 0 Å². The van der Waals surface area contributed by atoms with Crippen LogP contribution in [0, 0.1) is 12.7 Å². The van der Waals surface area contributed by atoms with Gasteiger partial charge in [0.1, 0.15) is 5.82 Å². The molecule has 2 nitrogen and oxygen atoms in total. The monoisotopic (exact) mass is 251 g/mol. The van der Waals surface area contributed by atoms with Gasteiger partial charge in [-0.2, -0.15) is 0 Å². The maximum Gasteiger partial charge on any atom is 0.126 e. The van der Waals surface area contributed by atoms with Crippen LogP contribution < -0.4 is 4.90 Å². The van der Waals surface area contributed by atoms with E-state index in [1.165, 1.54) is 6.07 Å². The molecule has 1 atom stereocenters. The van der Waals surface area contributed by atoms with Crippen molar-refractivity contribution in [2.75, 3.05) is 11.4 Å². The van der Waals surface area contributed by atoms with Crippen LogP contribution in [-0.4, -0.2) is 17.7 Å². The lowest BCUT2D eigenvalue weighted by atomic mass is 10.0. The molecule has 0 saturated heterocycles.